The number of nitrogens with two attached hydrogens (primary N) is 1. The van der Waals surface area contributed by atoms with Gasteiger partial charge in [-0.15, -0.1) is 0 Å². The van der Waals surface area contributed by atoms with Crippen LogP contribution in [-0.4, -0.2) is 52.0 Å². The summed E-state index contributed by atoms with van der Waals surface area (Å²) in [5.41, 5.74) is 7.40. The first-order valence-electron chi connectivity index (χ1n) is 13.2. The number of ether oxygens (including phenoxy) is 1. The molecule has 1 saturated heterocycles. The highest BCUT2D eigenvalue weighted by molar-refractivity contribution is 5.96. The molecule has 41 heavy (non-hydrogen) atoms. The van der Waals surface area contributed by atoms with Crippen LogP contribution in [0.2, 0.25) is 0 Å². The van der Waals surface area contributed by atoms with Crippen molar-refractivity contribution >= 4 is 23.2 Å². The van der Waals surface area contributed by atoms with E-state index in [4.69, 9.17) is 10.5 Å². The SMILES string of the molecule is C=CC(=O)N1C[C@H](F)C[C@H]1COc1c(N)ncnc1C(/C=C(\C)F)=C(\C)C(=C)NC(=O)c1ccc(C2CC2)cc1F. The number of hydrogen-bond acceptors (Lipinski definition) is 6. The molecule has 1 aromatic heterocycles. The maximum atomic E-state index is 14.7. The molecule has 1 saturated carbocycles. The van der Waals surface area contributed by atoms with E-state index >= 15 is 0 Å². The van der Waals surface area contributed by atoms with Crippen molar-refractivity contribution in [1.82, 2.24) is 20.2 Å². The molecule has 2 fully saturated rings. The predicted octanol–water partition coefficient (Wildman–Crippen LogP) is 5.17. The van der Waals surface area contributed by atoms with E-state index in [9.17, 15) is 22.8 Å². The highest BCUT2D eigenvalue weighted by Gasteiger charge is 2.35. The van der Waals surface area contributed by atoms with Gasteiger partial charge in [-0.3, -0.25) is 9.59 Å². The van der Waals surface area contributed by atoms with Crippen LogP contribution in [0.15, 0.2) is 66.9 Å². The van der Waals surface area contributed by atoms with Gasteiger partial charge in [-0.1, -0.05) is 19.2 Å². The topological polar surface area (TPSA) is 110 Å². The number of aromatic nitrogens is 2. The third kappa shape index (κ3) is 6.85. The Bertz CT molecular complexity index is 1450. The van der Waals surface area contributed by atoms with Crippen LogP contribution in [0.1, 0.15) is 60.6 Å². The maximum absolute atomic E-state index is 14.7. The van der Waals surface area contributed by atoms with Crippen molar-refractivity contribution in [3.63, 3.8) is 0 Å². The van der Waals surface area contributed by atoms with Crippen LogP contribution in [0.3, 0.4) is 0 Å². The van der Waals surface area contributed by atoms with Crippen LogP contribution in [0.4, 0.5) is 19.0 Å². The number of amides is 2. The van der Waals surface area contributed by atoms with Gasteiger partial charge in [0.1, 0.15) is 30.6 Å². The molecule has 2 aliphatic rings. The van der Waals surface area contributed by atoms with Gasteiger partial charge in [0, 0.05) is 17.7 Å². The molecule has 2 heterocycles. The molecule has 4 rings (SSSR count). The van der Waals surface area contributed by atoms with Gasteiger partial charge in [0.25, 0.3) is 5.91 Å². The molecular formula is C30H32F3N5O3. The number of carbonyl (C=O) groups is 2. The number of nitrogens with zero attached hydrogens (tertiary/aromatic N) is 3. The summed E-state index contributed by atoms with van der Waals surface area (Å²) >= 11 is 0. The number of allylic oxidation sites excluding steroid dienone is 4. The van der Waals surface area contributed by atoms with Gasteiger partial charge in [-0.05, 0) is 68.0 Å². The number of hydrogen-bond donors (Lipinski definition) is 2. The molecule has 11 heteroatoms. The highest BCUT2D eigenvalue weighted by Crippen LogP contribution is 2.40. The van der Waals surface area contributed by atoms with Gasteiger partial charge in [0.15, 0.2) is 11.6 Å². The van der Waals surface area contributed by atoms with Gasteiger partial charge < -0.3 is 20.7 Å². The Morgan fingerprint density at radius 2 is 2.00 bits per heavy atom. The number of carbonyl (C=O) groups excluding carboxylic acids is 2. The van der Waals surface area contributed by atoms with E-state index in [1.165, 1.54) is 24.0 Å². The largest absolute Gasteiger partial charge is 0.485 e. The van der Waals surface area contributed by atoms with Gasteiger partial charge in [0.05, 0.1) is 24.0 Å². The van der Waals surface area contributed by atoms with Crippen LogP contribution < -0.4 is 15.8 Å². The van der Waals surface area contributed by atoms with E-state index in [0.717, 1.165) is 36.9 Å². The number of alkyl halides is 1. The number of rotatable bonds is 10. The van der Waals surface area contributed by atoms with Crippen LogP contribution in [0.25, 0.3) is 5.57 Å². The van der Waals surface area contributed by atoms with Gasteiger partial charge in [0.2, 0.25) is 5.91 Å². The second-order valence-corrected chi connectivity index (χ2v) is 10.1. The zero-order valence-electron chi connectivity index (χ0n) is 22.9. The Morgan fingerprint density at radius 1 is 1.27 bits per heavy atom. The second-order valence-electron chi connectivity index (χ2n) is 10.1. The average molecular weight is 568 g/mol. The molecule has 0 radical (unpaired) electrons. The summed E-state index contributed by atoms with van der Waals surface area (Å²) in [6, 6.07) is 3.92. The summed E-state index contributed by atoms with van der Waals surface area (Å²) in [6.45, 7) is 9.91. The maximum Gasteiger partial charge on any atom is 0.258 e. The molecule has 2 aromatic rings. The minimum absolute atomic E-state index is 0.0199. The Hall–Kier alpha value is -4.41. The van der Waals surface area contributed by atoms with Crippen LogP contribution in [-0.2, 0) is 4.79 Å². The van der Waals surface area contributed by atoms with Crippen molar-refractivity contribution in [2.45, 2.75) is 51.2 Å². The van der Waals surface area contributed by atoms with Crippen molar-refractivity contribution in [1.29, 1.82) is 0 Å². The normalized spacial score (nSPS) is 19.4. The van der Waals surface area contributed by atoms with Crippen molar-refractivity contribution in [3.8, 4) is 5.75 Å². The lowest BCUT2D eigenvalue weighted by Gasteiger charge is -2.24. The first-order chi connectivity index (χ1) is 19.5. The van der Waals surface area contributed by atoms with Gasteiger partial charge in [-0.25, -0.2) is 23.1 Å². The second kappa shape index (κ2) is 12.4. The smallest absolute Gasteiger partial charge is 0.258 e. The van der Waals surface area contributed by atoms with E-state index in [-0.39, 0.29) is 53.7 Å². The van der Waals surface area contributed by atoms with Crippen molar-refractivity contribution < 1.29 is 27.5 Å². The summed E-state index contributed by atoms with van der Waals surface area (Å²) in [6.07, 6.45) is 4.23. The van der Waals surface area contributed by atoms with E-state index in [1.807, 2.05) is 0 Å². The molecule has 216 valence electrons. The Morgan fingerprint density at radius 3 is 2.63 bits per heavy atom. The monoisotopic (exact) mass is 567 g/mol. The predicted molar refractivity (Wildman–Crippen MR) is 150 cm³/mol. The minimum Gasteiger partial charge on any atom is -0.485 e. The fourth-order valence-corrected chi connectivity index (χ4v) is 4.71. The van der Waals surface area contributed by atoms with Crippen LogP contribution in [0.5, 0.6) is 5.75 Å². The molecule has 1 aliphatic heterocycles. The molecule has 1 aliphatic carbocycles. The number of likely N-dealkylation sites (tertiary alicyclic amines) is 1. The van der Waals surface area contributed by atoms with E-state index in [2.05, 4.69) is 28.4 Å². The summed E-state index contributed by atoms with van der Waals surface area (Å²) < 4.78 is 49.0. The molecule has 2 amide bonds. The molecule has 1 aromatic carbocycles. The first kappa shape index (κ1) is 29.6. The van der Waals surface area contributed by atoms with Gasteiger partial charge >= 0.3 is 0 Å². The van der Waals surface area contributed by atoms with E-state index < -0.39 is 35.7 Å². The molecule has 0 spiro atoms. The Kier molecular flexibility index (Phi) is 8.95. The minimum atomic E-state index is -1.23. The van der Waals surface area contributed by atoms with E-state index in [1.54, 1.807) is 13.0 Å². The Labute approximate surface area is 236 Å². The number of nitrogens with one attached hydrogen (secondary N) is 1. The summed E-state index contributed by atoms with van der Waals surface area (Å²) in [4.78, 5) is 34.6. The number of anilines is 1. The summed E-state index contributed by atoms with van der Waals surface area (Å²) in [7, 11) is 0. The third-order valence-electron chi connectivity index (χ3n) is 7.08. The standard InChI is InChI=1S/C30H32F3N5O3/c1-5-26(39)38-13-21(32)12-22(38)14-41-28-27(35-15-36-29(28)34)24(10-16(2)31)17(3)18(4)37-30(40)23-9-8-20(11-25(23)33)19-6-7-19/h5,8-11,15,19,21-22H,1,4,6-7,12-14H2,2-3H3,(H,37,40)(H2,34,35,36)/b16-10+,24-17+/t21-,22+/m1/s1. The molecule has 8 nitrogen and oxygen atoms in total. The number of nitrogen functional groups attached to an aromatic ring is 1. The molecular weight excluding hydrogens is 535 g/mol. The zero-order chi connectivity index (χ0) is 29.8. The van der Waals surface area contributed by atoms with Crippen LogP contribution in [0, 0.1) is 5.82 Å². The fraction of sp³-hybridized carbons (Fsp3) is 0.333. The number of halogens is 3. The quantitative estimate of drug-likeness (QED) is 0.303. The third-order valence-corrected chi connectivity index (χ3v) is 7.08. The number of benzene rings is 1. The molecule has 3 N–H and O–H groups in total. The lowest BCUT2D eigenvalue weighted by Crippen LogP contribution is -2.38. The zero-order valence-corrected chi connectivity index (χ0v) is 22.9. The van der Waals surface area contributed by atoms with Crippen LogP contribution >= 0.6 is 0 Å². The fourth-order valence-electron chi connectivity index (χ4n) is 4.71. The van der Waals surface area contributed by atoms with E-state index in [0.29, 0.717) is 11.5 Å². The Balaban J connectivity index is 1.61. The molecule has 2 atom stereocenters. The van der Waals surface area contributed by atoms with Crippen molar-refractivity contribution in [2.75, 3.05) is 18.9 Å². The molecule has 0 bridgehead atoms. The lowest BCUT2D eigenvalue weighted by molar-refractivity contribution is -0.127. The lowest BCUT2D eigenvalue weighted by atomic mass is 10.0. The summed E-state index contributed by atoms with van der Waals surface area (Å²) in [5.74, 6) is -2.16. The summed E-state index contributed by atoms with van der Waals surface area (Å²) in [5, 5.41) is 2.57. The van der Waals surface area contributed by atoms with Gasteiger partial charge in [-0.2, -0.15) is 0 Å². The van der Waals surface area contributed by atoms with Crippen molar-refractivity contribution in [2.24, 2.45) is 0 Å². The molecule has 0 unspecified atom stereocenters. The first-order valence-corrected chi connectivity index (χ1v) is 13.2. The average Bonchev–Trinajstić information content (AvgIpc) is 3.71. The highest BCUT2D eigenvalue weighted by atomic mass is 19.1. The van der Waals surface area contributed by atoms with Crippen molar-refractivity contribution in [3.05, 3.63) is 89.6 Å².